The van der Waals surface area contributed by atoms with Gasteiger partial charge in [0.25, 0.3) is 20.2 Å². The van der Waals surface area contributed by atoms with E-state index in [1.807, 2.05) is 0 Å². The minimum absolute atomic E-state index is 0.282. The summed E-state index contributed by atoms with van der Waals surface area (Å²) in [6, 6.07) is 14.2. The Morgan fingerprint density at radius 1 is 0.607 bits per heavy atom. The Hall–Kier alpha value is -2.92. The summed E-state index contributed by atoms with van der Waals surface area (Å²) in [6.07, 6.45) is 0. The first kappa shape index (κ1) is 19.8. The molecule has 0 saturated carbocycles. The molecule has 3 aromatic carbocycles. The van der Waals surface area contributed by atoms with Gasteiger partial charge in [0.15, 0.2) is 0 Å². The van der Waals surface area contributed by atoms with Crippen molar-refractivity contribution in [3.05, 3.63) is 60.7 Å². The van der Waals surface area contributed by atoms with Crippen LogP contribution in [0.15, 0.2) is 70.5 Å². The molecule has 146 valence electrons. The fourth-order valence-corrected chi connectivity index (χ4v) is 3.76. The number of anilines is 2. The number of nitrogens with two attached hydrogens (primary N) is 2. The fourth-order valence-electron chi connectivity index (χ4n) is 2.75. The molecule has 6 N–H and O–H groups in total. The normalized spacial score (nSPS) is 12.1. The molecule has 28 heavy (non-hydrogen) atoms. The molecule has 10 heteroatoms. The summed E-state index contributed by atoms with van der Waals surface area (Å²) in [5.41, 5.74) is 14.2. The average molecular weight is 420 g/mol. The van der Waals surface area contributed by atoms with Crippen molar-refractivity contribution < 1.29 is 25.9 Å². The Balaban J connectivity index is 2.18. The van der Waals surface area contributed by atoms with Gasteiger partial charge in [-0.15, -0.1) is 0 Å². The third-order valence-corrected chi connectivity index (χ3v) is 5.83. The highest BCUT2D eigenvalue weighted by Gasteiger charge is 2.15. The highest BCUT2D eigenvalue weighted by Crippen LogP contribution is 2.34. The van der Waals surface area contributed by atoms with Crippen LogP contribution in [-0.2, 0) is 20.2 Å². The van der Waals surface area contributed by atoms with Crippen molar-refractivity contribution >= 4 is 31.6 Å². The first-order chi connectivity index (χ1) is 13.0. The summed E-state index contributed by atoms with van der Waals surface area (Å²) in [7, 11) is -8.82. The van der Waals surface area contributed by atoms with Gasteiger partial charge in [-0.2, -0.15) is 16.8 Å². The Morgan fingerprint density at radius 3 is 1.36 bits per heavy atom. The van der Waals surface area contributed by atoms with Crippen LogP contribution in [0.2, 0.25) is 0 Å². The van der Waals surface area contributed by atoms with Gasteiger partial charge in [0.1, 0.15) is 0 Å². The second kappa shape index (κ2) is 6.91. The lowest BCUT2D eigenvalue weighted by atomic mass is 9.97. The lowest BCUT2D eigenvalue weighted by molar-refractivity contribution is 0.481. The molecular formula is C18H16N2O6S2. The Morgan fingerprint density at radius 2 is 1.00 bits per heavy atom. The van der Waals surface area contributed by atoms with Gasteiger partial charge in [0.05, 0.1) is 9.79 Å². The minimum Gasteiger partial charge on any atom is -0.398 e. The maximum Gasteiger partial charge on any atom is 0.294 e. The molecular weight excluding hydrogens is 404 g/mol. The second-order valence-electron chi connectivity index (χ2n) is 6.03. The number of hydrogen-bond acceptors (Lipinski definition) is 6. The van der Waals surface area contributed by atoms with E-state index in [4.69, 9.17) is 11.5 Å². The van der Waals surface area contributed by atoms with Gasteiger partial charge in [0, 0.05) is 22.5 Å². The highest BCUT2D eigenvalue weighted by atomic mass is 32.2. The highest BCUT2D eigenvalue weighted by molar-refractivity contribution is 7.86. The second-order valence-corrected chi connectivity index (χ2v) is 8.87. The van der Waals surface area contributed by atoms with E-state index in [-0.39, 0.29) is 21.2 Å². The Bertz CT molecular complexity index is 1190. The van der Waals surface area contributed by atoms with Crippen molar-refractivity contribution in [1.29, 1.82) is 0 Å². The van der Waals surface area contributed by atoms with E-state index in [2.05, 4.69) is 0 Å². The SMILES string of the molecule is Nc1ccc(S(=O)(=O)O)cc1-c1cccc(-c2cc(S(=O)(=O)O)ccc2N)c1. The molecule has 0 bridgehead atoms. The maximum atomic E-state index is 11.4. The molecule has 0 fully saturated rings. The van der Waals surface area contributed by atoms with Crippen LogP contribution in [0, 0.1) is 0 Å². The van der Waals surface area contributed by atoms with Gasteiger partial charge in [-0.05, 0) is 53.6 Å². The van der Waals surface area contributed by atoms with Crippen LogP contribution >= 0.6 is 0 Å². The fraction of sp³-hybridized carbons (Fsp3) is 0. The molecule has 0 atom stereocenters. The minimum atomic E-state index is -4.41. The molecule has 0 aliphatic carbocycles. The number of hydrogen-bond donors (Lipinski definition) is 4. The molecule has 0 aliphatic heterocycles. The van der Waals surface area contributed by atoms with E-state index >= 15 is 0 Å². The zero-order chi connectivity index (χ0) is 20.7. The van der Waals surface area contributed by atoms with Gasteiger partial charge in [-0.25, -0.2) is 0 Å². The zero-order valence-electron chi connectivity index (χ0n) is 14.3. The Labute approximate surface area is 161 Å². The van der Waals surface area contributed by atoms with Gasteiger partial charge >= 0.3 is 0 Å². The standard InChI is InChI=1S/C18H16N2O6S2/c19-17-6-4-13(27(21,22)23)9-15(17)11-2-1-3-12(8-11)16-10-14(28(24,25)26)5-7-18(16)20/h1-10H,19-20H2,(H,21,22,23)(H,24,25,26). The van der Waals surface area contributed by atoms with E-state index in [9.17, 15) is 25.9 Å². The van der Waals surface area contributed by atoms with Gasteiger partial charge in [0.2, 0.25) is 0 Å². The van der Waals surface area contributed by atoms with Crippen molar-refractivity contribution in [2.45, 2.75) is 9.79 Å². The third-order valence-electron chi connectivity index (χ3n) is 4.13. The van der Waals surface area contributed by atoms with E-state index in [0.717, 1.165) is 0 Å². The first-order valence-electron chi connectivity index (χ1n) is 7.81. The smallest absolute Gasteiger partial charge is 0.294 e. The molecule has 0 spiro atoms. The molecule has 3 aromatic rings. The molecule has 0 amide bonds. The van der Waals surface area contributed by atoms with Gasteiger partial charge < -0.3 is 11.5 Å². The summed E-state index contributed by atoms with van der Waals surface area (Å²) in [5, 5.41) is 0. The van der Waals surface area contributed by atoms with E-state index in [1.165, 1.54) is 36.4 Å². The van der Waals surface area contributed by atoms with Crippen LogP contribution in [0.4, 0.5) is 11.4 Å². The maximum absolute atomic E-state index is 11.4. The predicted molar refractivity (Wildman–Crippen MR) is 106 cm³/mol. The quantitative estimate of drug-likeness (QED) is 0.370. The molecule has 0 saturated heterocycles. The third kappa shape index (κ3) is 3.99. The van der Waals surface area contributed by atoms with Crippen LogP contribution in [0.5, 0.6) is 0 Å². The van der Waals surface area contributed by atoms with Crippen LogP contribution in [-0.4, -0.2) is 25.9 Å². The summed E-state index contributed by atoms with van der Waals surface area (Å²) < 4.78 is 64.2. The van der Waals surface area contributed by atoms with Gasteiger partial charge in [-0.3, -0.25) is 9.11 Å². The molecule has 8 nitrogen and oxygen atoms in total. The molecule has 0 aliphatic rings. The summed E-state index contributed by atoms with van der Waals surface area (Å²) >= 11 is 0. The topological polar surface area (TPSA) is 161 Å². The molecule has 0 radical (unpaired) electrons. The van der Waals surface area contributed by atoms with Crippen molar-refractivity contribution in [2.24, 2.45) is 0 Å². The van der Waals surface area contributed by atoms with E-state index < -0.39 is 20.2 Å². The lowest BCUT2D eigenvalue weighted by Crippen LogP contribution is -2.01. The van der Waals surface area contributed by atoms with Crippen LogP contribution in [0.3, 0.4) is 0 Å². The largest absolute Gasteiger partial charge is 0.398 e. The lowest BCUT2D eigenvalue weighted by Gasteiger charge is -2.12. The van der Waals surface area contributed by atoms with E-state index in [0.29, 0.717) is 22.3 Å². The summed E-state index contributed by atoms with van der Waals surface area (Å²) in [4.78, 5) is -0.620. The Kier molecular flexibility index (Phi) is 4.90. The van der Waals surface area contributed by atoms with Crippen LogP contribution < -0.4 is 11.5 Å². The van der Waals surface area contributed by atoms with Crippen molar-refractivity contribution in [3.8, 4) is 22.3 Å². The molecule has 0 heterocycles. The summed E-state index contributed by atoms with van der Waals surface area (Å²) in [6.45, 7) is 0. The predicted octanol–water partition coefficient (Wildman–Crippen LogP) is 2.68. The molecule has 3 rings (SSSR count). The van der Waals surface area contributed by atoms with Crippen molar-refractivity contribution in [2.75, 3.05) is 11.5 Å². The van der Waals surface area contributed by atoms with Crippen LogP contribution in [0.1, 0.15) is 0 Å². The monoisotopic (exact) mass is 420 g/mol. The molecule has 0 aromatic heterocycles. The van der Waals surface area contributed by atoms with Gasteiger partial charge in [-0.1, -0.05) is 18.2 Å². The van der Waals surface area contributed by atoms with E-state index in [1.54, 1.807) is 24.3 Å². The number of nitrogen functional groups attached to an aromatic ring is 2. The molecule has 0 unspecified atom stereocenters. The first-order valence-corrected chi connectivity index (χ1v) is 10.7. The zero-order valence-corrected chi connectivity index (χ0v) is 15.9. The van der Waals surface area contributed by atoms with Crippen molar-refractivity contribution in [3.63, 3.8) is 0 Å². The average Bonchev–Trinajstić information content (AvgIpc) is 2.60. The number of rotatable bonds is 4. The number of benzene rings is 3. The van der Waals surface area contributed by atoms with Crippen LogP contribution in [0.25, 0.3) is 22.3 Å². The summed E-state index contributed by atoms with van der Waals surface area (Å²) in [5.74, 6) is 0. The van der Waals surface area contributed by atoms with Crippen molar-refractivity contribution in [1.82, 2.24) is 0 Å².